The second kappa shape index (κ2) is 8.39. The number of halogens is 2. The molecule has 126 valence electrons. The Kier molecular flexibility index (Phi) is 6.50. The van der Waals surface area contributed by atoms with E-state index in [0.29, 0.717) is 6.54 Å². The number of hydrogen-bond acceptors (Lipinski definition) is 2. The number of rotatable bonds is 5. The highest BCUT2D eigenvalue weighted by atomic mass is 35.5. The van der Waals surface area contributed by atoms with Gasteiger partial charge in [-0.25, -0.2) is 0 Å². The van der Waals surface area contributed by atoms with E-state index < -0.39 is 0 Å². The van der Waals surface area contributed by atoms with Gasteiger partial charge in [0.25, 0.3) is 0 Å². The largest absolute Gasteiger partial charge is 0.460 e. The highest BCUT2D eigenvalue weighted by molar-refractivity contribution is 6.31. The first-order valence-electron chi connectivity index (χ1n) is 7.73. The van der Waals surface area contributed by atoms with Crippen LogP contribution >= 0.6 is 24.0 Å². The Morgan fingerprint density at radius 2 is 1.67 bits per heavy atom. The van der Waals surface area contributed by atoms with E-state index in [1.54, 1.807) is 0 Å². The van der Waals surface area contributed by atoms with Gasteiger partial charge in [0, 0.05) is 17.1 Å². The number of hydrogen-bond donors (Lipinski definition) is 1. The monoisotopic (exact) mass is 361 g/mol. The lowest BCUT2D eigenvalue weighted by Gasteiger charge is -2.04. The SMILES string of the molecule is Cc1ccc(CNCc2ccc(-c3ccc(C)c(Cl)c3)o2)cc1.Cl. The van der Waals surface area contributed by atoms with Crippen LogP contribution < -0.4 is 5.32 Å². The van der Waals surface area contributed by atoms with Gasteiger partial charge in [-0.05, 0) is 43.2 Å². The summed E-state index contributed by atoms with van der Waals surface area (Å²) in [4.78, 5) is 0. The Bertz CT molecular complexity index is 794. The number of aryl methyl sites for hydroxylation is 2. The van der Waals surface area contributed by atoms with E-state index in [9.17, 15) is 0 Å². The number of furan rings is 1. The molecule has 2 nitrogen and oxygen atoms in total. The van der Waals surface area contributed by atoms with E-state index in [1.165, 1.54) is 11.1 Å². The van der Waals surface area contributed by atoms with E-state index in [1.807, 2.05) is 37.3 Å². The number of nitrogens with one attached hydrogen (secondary N) is 1. The van der Waals surface area contributed by atoms with Gasteiger partial charge in [-0.1, -0.05) is 53.6 Å². The van der Waals surface area contributed by atoms with Crippen LogP contribution in [0.5, 0.6) is 0 Å². The lowest BCUT2D eigenvalue weighted by atomic mass is 10.1. The molecule has 0 bridgehead atoms. The van der Waals surface area contributed by atoms with Crippen LogP contribution in [0.25, 0.3) is 11.3 Å². The van der Waals surface area contributed by atoms with Crippen LogP contribution in [-0.2, 0) is 13.1 Å². The third-order valence-corrected chi connectivity index (χ3v) is 4.27. The number of benzene rings is 2. The molecule has 0 saturated carbocycles. The van der Waals surface area contributed by atoms with Crippen molar-refractivity contribution in [1.29, 1.82) is 0 Å². The summed E-state index contributed by atoms with van der Waals surface area (Å²) in [5.74, 6) is 1.77. The van der Waals surface area contributed by atoms with Gasteiger partial charge in [0.15, 0.2) is 0 Å². The fourth-order valence-corrected chi connectivity index (χ4v) is 2.59. The molecule has 0 aliphatic carbocycles. The van der Waals surface area contributed by atoms with Gasteiger partial charge in [-0.2, -0.15) is 0 Å². The van der Waals surface area contributed by atoms with Crippen molar-refractivity contribution in [2.45, 2.75) is 26.9 Å². The van der Waals surface area contributed by atoms with E-state index in [0.717, 1.165) is 34.2 Å². The Morgan fingerprint density at radius 3 is 2.38 bits per heavy atom. The summed E-state index contributed by atoms with van der Waals surface area (Å²) in [6.45, 7) is 5.62. The third kappa shape index (κ3) is 4.64. The van der Waals surface area contributed by atoms with Crippen LogP contribution in [0.1, 0.15) is 22.5 Å². The van der Waals surface area contributed by atoms with Crippen molar-refractivity contribution in [3.8, 4) is 11.3 Å². The predicted octanol–water partition coefficient (Wildman–Crippen LogP) is 5.93. The van der Waals surface area contributed by atoms with Crippen molar-refractivity contribution in [2.24, 2.45) is 0 Å². The minimum atomic E-state index is 0. The van der Waals surface area contributed by atoms with E-state index in [4.69, 9.17) is 16.0 Å². The van der Waals surface area contributed by atoms with Gasteiger partial charge in [-0.15, -0.1) is 12.4 Å². The standard InChI is InChI=1S/C20H20ClNO.ClH/c1-14-3-6-16(7-4-14)12-22-13-18-9-10-20(23-18)17-8-5-15(2)19(21)11-17;/h3-11,22H,12-13H2,1-2H3;1H. The summed E-state index contributed by atoms with van der Waals surface area (Å²) < 4.78 is 5.90. The van der Waals surface area contributed by atoms with Crippen molar-refractivity contribution in [1.82, 2.24) is 5.32 Å². The molecular weight excluding hydrogens is 341 g/mol. The first-order chi connectivity index (χ1) is 11.1. The second-order valence-corrected chi connectivity index (χ2v) is 6.23. The molecule has 2 aromatic carbocycles. The maximum absolute atomic E-state index is 6.18. The van der Waals surface area contributed by atoms with Gasteiger partial charge < -0.3 is 9.73 Å². The summed E-state index contributed by atoms with van der Waals surface area (Å²) in [5, 5.41) is 4.16. The fourth-order valence-electron chi connectivity index (χ4n) is 2.41. The molecule has 0 saturated heterocycles. The Balaban J connectivity index is 0.00000208. The van der Waals surface area contributed by atoms with E-state index >= 15 is 0 Å². The lowest BCUT2D eigenvalue weighted by molar-refractivity contribution is 0.493. The molecule has 0 amide bonds. The average molecular weight is 362 g/mol. The van der Waals surface area contributed by atoms with Gasteiger partial charge in [0.1, 0.15) is 11.5 Å². The lowest BCUT2D eigenvalue weighted by Crippen LogP contribution is -2.11. The van der Waals surface area contributed by atoms with Crippen molar-refractivity contribution in [2.75, 3.05) is 0 Å². The van der Waals surface area contributed by atoms with Gasteiger partial charge >= 0.3 is 0 Å². The molecule has 0 spiro atoms. The van der Waals surface area contributed by atoms with Crippen LogP contribution in [0, 0.1) is 13.8 Å². The van der Waals surface area contributed by atoms with Gasteiger partial charge in [-0.3, -0.25) is 0 Å². The first-order valence-corrected chi connectivity index (χ1v) is 8.11. The zero-order valence-corrected chi connectivity index (χ0v) is 15.4. The summed E-state index contributed by atoms with van der Waals surface area (Å²) in [7, 11) is 0. The maximum atomic E-state index is 6.18. The molecule has 0 atom stereocenters. The molecule has 0 aliphatic heterocycles. The molecule has 3 rings (SSSR count). The first kappa shape index (κ1) is 18.6. The molecule has 1 heterocycles. The molecular formula is C20H21Cl2NO. The summed E-state index contributed by atoms with van der Waals surface area (Å²) >= 11 is 6.18. The van der Waals surface area contributed by atoms with Crippen molar-refractivity contribution < 1.29 is 4.42 Å². The molecule has 4 heteroatoms. The highest BCUT2D eigenvalue weighted by Crippen LogP contribution is 2.26. The zero-order valence-electron chi connectivity index (χ0n) is 13.8. The Morgan fingerprint density at radius 1 is 0.917 bits per heavy atom. The second-order valence-electron chi connectivity index (χ2n) is 5.82. The van der Waals surface area contributed by atoms with Crippen LogP contribution in [0.4, 0.5) is 0 Å². The van der Waals surface area contributed by atoms with Crippen molar-refractivity contribution >= 4 is 24.0 Å². The Hall–Kier alpha value is -1.74. The van der Waals surface area contributed by atoms with E-state index in [2.05, 4.69) is 36.5 Å². The smallest absolute Gasteiger partial charge is 0.134 e. The fraction of sp³-hybridized carbons (Fsp3) is 0.200. The molecule has 0 fully saturated rings. The molecule has 24 heavy (non-hydrogen) atoms. The van der Waals surface area contributed by atoms with Crippen molar-refractivity contribution in [3.63, 3.8) is 0 Å². The third-order valence-electron chi connectivity index (χ3n) is 3.87. The molecule has 0 aliphatic rings. The minimum absolute atomic E-state index is 0. The van der Waals surface area contributed by atoms with Crippen LogP contribution in [-0.4, -0.2) is 0 Å². The van der Waals surface area contributed by atoms with Crippen LogP contribution in [0.2, 0.25) is 5.02 Å². The predicted molar refractivity (Wildman–Crippen MR) is 103 cm³/mol. The van der Waals surface area contributed by atoms with Crippen molar-refractivity contribution in [3.05, 3.63) is 82.1 Å². The average Bonchev–Trinajstić information content (AvgIpc) is 3.01. The molecule has 0 radical (unpaired) electrons. The normalized spacial score (nSPS) is 10.5. The van der Waals surface area contributed by atoms with Gasteiger partial charge in [0.05, 0.1) is 6.54 Å². The molecule has 1 N–H and O–H groups in total. The highest BCUT2D eigenvalue weighted by Gasteiger charge is 2.06. The molecule has 1 aromatic heterocycles. The minimum Gasteiger partial charge on any atom is -0.460 e. The molecule has 0 unspecified atom stereocenters. The van der Waals surface area contributed by atoms with E-state index in [-0.39, 0.29) is 12.4 Å². The quantitative estimate of drug-likeness (QED) is 0.609. The zero-order chi connectivity index (χ0) is 16.2. The topological polar surface area (TPSA) is 25.2 Å². The maximum Gasteiger partial charge on any atom is 0.134 e. The van der Waals surface area contributed by atoms with Crippen LogP contribution in [0.3, 0.4) is 0 Å². The Labute approximate surface area is 154 Å². The summed E-state index contributed by atoms with van der Waals surface area (Å²) in [5.41, 5.74) is 4.63. The summed E-state index contributed by atoms with van der Waals surface area (Å²) in [6.07, 6.45) is 0. The van der Waals surface area contributed by atoms with Crippen LogP contribution in [0.15, 0.2) is 59.0 Å². The summed E-state index contributed by atoms with van der Waals surface area (Å²) in [6, 6.07) is 18.5. The molecule has 3 aromatic rings. The van der Waals surface area contributed by atoms with Gasteiger partial charge in [0.2, 0.25) is 0 Å².